The van der Waals surface area contributed by atoms with Crippen LogP contribution in [0.2, 0.25) is 0 Å². The predicted octanol–water partition coefficient (Wildman–Crippen LogP) is 2.33. The molecule has 0 unspecified atom stereocenters. The number of nitrogens with one attached hydrogen (secondary N) is 1. The van der Waals surface area contributed by atoms with E-state index in [9.17, 15) is 4.79 Å². The Morgan fingerprint density at radius 2 is 2.00 bits per heavy atom. The average Bonchev–Trinajstić information content (AvgIpc) is 2.64. The number of carbonyl (C=O) groups excluding carboxylic acids is 1. The molecule has 3 rings (SSSR count). The molecular weight excluding hydrogens is 340 g/mol. The molecule has 0 radical (unpaired) electrons. The number of hydrogen-bond donors (Lipinski definition) is 1. The maximum Gasteiger partial charge on any atom is 0.317 e. The maximum atomic E-state index is 12.2. The number of methoxy groups -OCH3 is 1. The van der Waals surface area contributed by atoms with E-state index in [1.165, 1.54) is 11.3 Å². The predicted molar refractivity (Wildman–Crippen MR) is 109 cm³/mol. The molecule has 1 aliphatic heterocycles. The van der Waals surface area contributed by atoms with Crippen molar-refractivity contribution in [1.29, 1.82) is 0 Å². The van der Waals surface area contributed by atoms with Crippen LogP contribution in [0.5, 0.6) is 0 Å². The van der Waals surface area contributed by atoms with Crippen LogP contribution < -0.4 is 10.2 Å². The molecule has 0 bridgehead atoms. The lowest BCUT2D eigenvalue weighted by Crippen LogP contribution is -2.52. The van der Waals surface area contributed by atoms with Gasteiger partial charge in [0.2, 0.25) is 0 Å². The lowest BCUT2D eigenvalue weighted by molar-refractivity contribution is -0.00845. The Labute approximate surface area is 163 Å². The summed E-state index contributed by atoms with van der Waals surface area (Å²) in [6, 6.07) is 9.11. The topological polar surface area (TPSA) is 48.1 Å². The van der Waals surface area contributed by atoms with Gasteiger partial charge < -0.3 is 19.9 Å². The van der Waals surface area contributed by atoms with Gasteiger partial charge in [-0.2, -0.15) is 0 Å². The Balaban J connectivity index is 1.29. The monoisotopic (exact) mass is 374 g/mol. The minimum atomic E-state index is 0.0406. The fourth-order valence-electron chi connectivity index (χ4n) is 3.89. The molecule has 1 aliphatic carbocycles. The molecule has 2 fully saturated rings. The third-order valence-electron chi connectivity index (χ3n) is 5.94. The van der Waals surface area contributed by atoms with Gasteiger partial charge in [-0.1, -0.05) is 12.1 Å². The van der Waals surface area contributed by atoms with Crippen molar-refractivity contribution in [3.05, 3.63) is 29.8 Å². The van der Waals surface area contributed by atoms with E-state index in [2.05, 4.69) is 46.3 Å². The number of rotatable bonds is 7. The van der Waals surface area contributed by atoms with E-state index < -0.39 is 0 Å². The highest BCUT2D eigenvalue weighted by molar-refractivity contribution is 5.74. The van der Waals surface area contributed by atoms with Crippen LogP contribution >= 0.6 is 0 Å². The summed E-state index contributed by atoms with van der Waals surface area (Å²) in [5.41, 5.74) is 2.65. The number of aryl methyl sites for hydroxylation is 1. The number of hydrogen-bond acceptors (Lipinski definition) is 4. The summed E-state index contributed by atoms with van der Waals surface area (Å²) in [6.07, 6.45) is 3.22. The largest absolute Gasteiger partial charge is 0.381 e. The van der Waals surface area contributed by atoms with E-state index in [4.69, 9.17) is 4.74 Å². The first-order valence-electron chi connectivity index (χ1n) is 10.1. The van der Waals surface area contributed by atoms with Gasteiger partial charge in [-0.15, -0.1) is 0 Å². The van der Waals surface area contributed by atoms with Crippen LogP contribution in [-0.4, -0.2) is 81.4 Å². The first kappa shape index (κ1) is 20.0. The molecule has 6 heteroatoms. The Hall–Kier alpha value is -1.79. The molecule has 0 spiro atoms. The highest BCUT2D eigenvalue weighted by atomic mass is 16.5. The number of benzene rings is 1. The van der Waals surface area contributed by atoms with Crippen molar-refractivity contribution in [1.82, 2.24) is 15.1 Å². The van der Waals surface area contributed by atoms with E-state index >= 15 is 0 Å². The zero-order valence-corrected chi connectivity index (χ0v) is 17.0. The first-order chi connectivity index (χ1) is 13.1. The Kier molecular flexibility index (Phi) is 6.96. The molecule has 1 N–H and O–H groups in total. The number of amides is 2. The third-order valence-corrected chi connectivity index (χ3v) is 5.94. The summed E-state index contributed by atoms with van der Waals surface area (Å²) in [6.45, 7) is 8.24. The molecule has 1 saturated heterocycles. The van der Waals surface area contributed by atoms with Gasteiger partial charge in [0.1, 0.15) is 0 Å². The van der Waals surface area contributed by atoms with Crippen molar-refractivity contribution < 1.29 is 9.53 Å². The van der Waals surface area contributed by atoms with Crippen LogP contribution in [-0.2, 0) is 4.74 Å². The number of piperazine rings is 1. The highest BCUT2D eigenvalue weighted by Crippen LogP contribution is 2.26. The van der Waals surface area contributed by atoms with E-state index in [-0.39, 0.29) is 6.03 Å². The second-order valence-corrected chi connectivity index (χ2v) is 7.85. The second-order valence-electron chi connectivity index (χ2n) is 7.85. The summed E-state index contributed by atoms with van der Waals surface area (Å²) in [5, 5.41) is 3.05. The van der Waals surface area contributed by atoms with Gasteiger partial charge in [0.25, 0.3) is 0 Å². The summed E-state index contributed by atoms with van der Waals surface area (Å²) >= 11 is 0. The first-order valence-corrected chi connectivity index (χ1v) is 10.1. The van der Waals surface area contributed by atoms with Crippen molar-refractivity contribution >= 4 is 11.7 Å². The molecule has 0 aromatic heterocycles. The minimum absolute atomic E-state index is 0.0406. The number of carbonyl (C=O) groups is 1. The molecule has 2 aliphatic rings. The van der Waals surface area contributed by atoms with Gasteiger partial charge in [-0.05, 0) is 50.4 Å². The number of nitrogens with zero attached hydrogens (tertiary/aromatic N) is 3. The van der Waals surface area contributed by atoms with E-state index in [0.717, 1.165) is 58.5 Å². The normalized spacial score (nSPS) is 23.0. The van der Waals surface area contributed by atoms with Gasteiger partial charge in [0.05, 0.1) is 6.10 Å². The van der Waals surface area contributed by atoms with E-state index in [1.807, 2.05) is 11.9 Å². The molecule has 2 amide bonds. The van der Waals surface area contributed by atoms with Gasteiger partial charge in [-0.25, -0.2) is 4.79 Å². The van der Waals surface area contributed by atoms with Gasteiger partial charge in [0.15, 0.2) is 0 Å². The summed E-state index contributed by atoms with van der Waals surface area (Å²) < 4.78 is 5.29. The van der Waals surface area contributed by atoms with Crippen LogP contribution in [0, 0.1) is 6.92 Å². The molecule has 1 aromatic rings. The fraction of sp³-hybridized carbons (Fsp3) is 0.667. The van der Waals surface area contributed by atoms with Gasteiger partial charge >= 0.3 is 6.03 Å². The lowest BCUT2D eigenvalue weighted by atomic mass is 9.88. The standard InChI is InChI=1S/C21H34N4O2/c1-17-6-4-7-18(14-17)25-12-10-24(11-13-25)9-5-8-22-21(26)23(2)19-15-20(16-19)27-3/h4,6-7,14,19-20H,5,8-13,15-16H2,1-3H3,(H,22,26). The molecule has 0 atom stereocenters. The number of urea groups is 1. The highest BCUT2D eigenvalue weighted by Gasteiger charge is 2.34. The quantitative estimate of drug-likeness (QED) is 0.744. The molecule has 27 heavy (non-hydrogen) atoms. The van der Waals surface area contributed by atoms with Crippen molar-refractivity contribution in [3.63, 3.8) is 0 Å². The second kappa shape index (κ2) is 9.42. The maximum absolute atomic E-state index is 12.2. The Bertz CT molecular complexity index is 610. The zero-order chi connectivity index (χ0) is 19.2. The third kappa shape index (κ3) is 5.36. The SMILES string of the molecule is COC1CC(N(C)C(=O)NCCCN2CCN(c3cccc(C)c3)CC2)C1. The molecule has 1 heterocycles. The van der Waals surface area contributed by atoms with Crippen LogP contribution in [0.4, 0.5) is 10.5 Å². The average molecular weight is 375 g/mol. The summed E-state index contributed by atoms with van der Waals surface area (Å²) in [4.78, 5) is 19.0. The molecule has 150 valence electrons. The van der Waals surface area contributed by atoms with Crippen molar-refractivity contribution in [3.8, 4) is 0 Å². The van der Waals surface area contributed by atoms with E-state index in [1.54, 1.807) is 7.11 Å². The van der Waals surface area contributed by atoms with Crippen LogP contribution in [0.15, 0.2) is 24.3 Å². The molecule has 1 aromatic carbocycles. The number of ether oxygens (including phenoxy) is 1. The van der Waals surface area contributed by atoms with Crippen LogP contribution in [0.25, 0.3) is 0 Å². The molecular formula is C21H34N4O2. The van der Waals surface area contributed by atoms with Crippen LogP contribution in [0.3, 0.4) is 0 Å². The van der Waals surface area contributed by atoms with Crippen LogP contribution in [0.1, 0.15) is 24.8 Å². The Morgan fingerprint density at radius 1 is 1.26 bits per heavy atom. The van der Waals surface area contributed by atoms with Crippen molar-refractivity contribution in [2.24, 2.45) is 0 Å². The van der Waals surface area contributed by atoms with Crippen molar-refractivity contribution in [2.75, 3.05) is 58.3 Å². The summed E-state index contributed by atoms with van der Waals surface area (Å²) in [7, 11) is 3.62. The van der Waals surface area contributed by atoms with Gasteiger partial charge in [-0.3, -0.25) is 4.90 Å². The molecule has 6 nitrogen and oxygen atoms in total. The zero-order valence-electron chi connectivity index (χ0n) is 17.0. The Morgan fingerprint density at radius 3 is 2.67 bits per heavy atom. The molecule has 1 saturated carbocycles. The fourth-order valence-corrected chi connectivity index (χ4v) is 3.89. The minimum Gasteiger partial charge on any atom is -0.381 e. The van der Waals surface area contributed by atoms with Crippen molar-refractivity contribution in [2.45, 2.75) is 38.3 Å². The lowest BCUT2D eigenvalue weighted by Gasteiger charge is -2.40. The smallest absolute Gasteiger partial charge is 0.317 e. The number of anilines is 1. The summed E-state index contributed by atoms with van der Waals surface area (Å²) in [5.74, 6) is 0. The van der Waals surface area contributed by atoms with E-state index in [0.29, 0.717) is 12.1 Å². The van der Waals surface area contributed by atoms with Gasteiger partial charge in [0, 0.05) is 58.6 Å².